The van der Waals surface area contributed by atoms with Gasteiger partial charge < -0.3 is 5.32 Å². The molecule has 0 bridgehead atoms. The number of hydrogen-bond acceptors (Lipinski definition) is 4. The molecule has 2 aromatic heterocycles. The molecule has 4 rings (SSSR count). The van der Waals surface area contributed by atoms with E-state index in [-0.39, 0.29) is 18.0 Å². The molecule has 146 valence electrons. The lowest BCUT2D eigenvalue weighted by molar-refractivity contribution is -0.116. The van der Waals surface area contributed by atoms with Gasteiger partial charge in [-0.25, -0.2) is 9.67 Å². The number of benzene rings is 2. The average molecular weight is 452 g/mol. The van der Waals surface area contributed by atoms with E-state index in [0.717, 1.165) is 15.6 Å². The average Bonchev–Trinajstić information content (AvgIpc) is 3.13. The molecular weight excluding hydrogens is 434 g/mol. The lowest BCUT2D eigenvalue weighted by Crippen LogP contribution is -2.28. The van der Waals surface area contributed by atoms with Crippen molar-refractivity contribution < 1.29 is 4.79 Å². The minimum atomic E-state index is -0.324. The Labute approximate surface area is 175 Å². The van der Waals surface area contributed by atoms with Crippen molar-refractivity contribution in [2.75, 3.05) is 5.32 Å². The Kier molecular flexibility index (Phi) is 5.26. The summed E-state index contributed by atoms with van der Waals surface area (Å²) in [5.74, 6) is 0.234. The molecule has 8 heteroatoms. The molecule has 7 nitrogen and oxygen atoms in total. The first-order chi connectivity index (χ1) is 14.0. The minimum absolute atomic E-state index is 0.129. The van der Waals surface area contributed by atoms with E-state index in [4.69, 9.17) is 0 Å². The van der Waals surface area contributed by atoms with Crippen molar-refractivity contribution in [1.82, 2.24) is 19.3 Å². The fourth-order valence-corrected chi connectivity index (χ4v) is 3.55. The van der Waals surface area contributed by atoms with Gasteiger partial charge in [0.05, 0.1) is 30.0 Å². The Morgan fingerprint density at radius 2 is 1.97 bits per heavy atom. The first-order valence-electron chi connectivity index (χ1n) is 9.03. The molecule has 2 heterocycles. The zero-order chi connectivity index (χ0) is 20.4. The maximum absolute atomic E-state index is 12.7. The van der Waals surface area contributed by atoms with E-state index in [9.17, 15) is 9.59 Å². The predicted octanol–water partition coefficient (Wildman–Crippen LogP) is 3.35. The van der Waals surface area contributed by atoms with Gasteiger partial charge in [0, 0.05) is 10.5 Å². The fraction of sp³-hybridized carbons (Fsp3) is 0.143. The Balaban J connectivity index is 1.52. The number of carbonyl (C=O) groups excluding carboxylic acids is 1. The second-order valence-electron chi connectivity index (χ2n) is 6.66. The van der Waals surface area contributed by atoms with Crippen LogP contribution in [0.15, 0.2) is 70.3 Å². The van der Waals surface area contributed by atoms with Crippen LogP contribution in [0.4, 0.5) is 5.82 Å². The predicted molar refractivity (Wildman–Crippen MR) is 115 cm³/mol. The third kappa shape index (κ3) is 3.97. The number of nitrogens with one attached hydrogen (secondary N) is 1. The maximum Gasteiger partial charge on any atom is 0.261 e. The van der Waals surface area contributed by atoms with E-state index in [1.165, 1.54) is 10.9 Å². The number of rotatable bonds is 5. The van der Waals surface area contributed by atoms with Gasteiger partial charge in [-0.3, -0.25) is 14.2 Å². The molecule has 2 aromatic carbocycles. The summed E-state index contributed by atoms with van der Waals surface area (Å²) in [6, 6.07) is 15.0. The fourth-order valence-electron chi connectivity index (χ4n) is 3.14. The summed E-state index contributed by atoms with van der Waals surface area (Å²) < 4.78 is 3.98. The highest BCUT2D eigenvalue weighted by atomic mass is 79.9. The zero-order valence-corrected chi connectivity index (χ0v) is 17.3. The summed E-state index contributed by atoms with van der Waals surface area (Å²) in [5.41, 5.74) is 2.38. The molecule has 1 N–H and O–H groups in total. The summed E-state index contributed by atoms with van der Waals surface area (Å²) in [5, 5.41) is 7.60. The van der Waals surface area contributed by atoms with E-state index < -0.39 is 0 Å². The van der Waals surface area contributed by atoms with Crippen LogP contribution in [-0.4, -0.2) is 25.2 Å². The number of carbonyl (C=O) groups is 1. The molecule has 0 spiro atoms. The lowest BCUT2D eigenvalue weighted by Gasteiger charge is -2.11. The molecule has 0 atom stereocenters. The number of aryl methyl sites for hydroxylation is 1. The number of anilines is 1. The second-order valence-corrected chi connectivity index (χ2v) is 7.52. The molecule has 4 aromatic rings. The summed E-state index contributed by atoms with van der Waals surface area (Å²) in [6.07, 6.45) is 3.04. The van der Waals surface area contributed by atoms with Crippen LogP contribution in [-0.2, 0) is 17.9 Å². The largest absolute Gasteiger partial charge is 0.309 e. The van der Waals surface area contributed by atoms with Crippen molar-refractivity contribution in [2.45, 2.75) is 20.0 Å². The molecule has 0 aliphatic rings. The van der Waals surface area contributed by atoms with Crippen LogP contribution < -0.4 is 10.9 Å². The third-order valence-corrected chi connectivity index (χ3v) is 5.40. The van der Waals surface area contributed by atoms with Crippen molar-refractivity contribution in [3.05, 3.63) is 87.0 Å². The van der Waals surface area contributed by atoms with Crippen molar-refractivity contribution in [3.8, 4) is 0 Å². The third-order valence-electron chi connectivity index (χ3n) is 4.63. The van der Waals surface area contributed by atoms with Gasteiger partial charge in [0.25, 0.3) is 5.56 Å². The van der Waals surface area contributed by atoms with Crippen molar-refractivity contribution in [2.24, 2.45) is 0 Å². The first-order valence-corrected chi connectivity index (χ1v) is 9.82. The van der Waals surface area contributed by atoms with Gasteiger partial charge in [0.1, 0.15) is 12.4 Å². The molecule has 0 saturated carbocycles. The topological polar surface area (TPSA) is 81.8 Å². The molecule has 0 fully saturated rings. The van der Waals surface area contributed by atoms with Gasteiger partial charge in [0.2, 0.25) is 5.91 Å². The Morgan fingerprint density at radius 1 is 1.14 bits per heavy atom. The molecule has 0 radical (unpaired) electrons. The molecule has 1 amide bonds. The van der Waals surface area contributed by atoms with Gasteiger partial charge in [-0.15, -0.1) is 0 Å². The number of aromatic nitrogens is 4. The van der Waals surface area contributed by atoms with E-state index in [0.29, 0.717) is 23.3 Å². The standard InChI is InChI=1S/C21H18BrN5O2/c1-14-5-4-7-16-20(14)23-13-26(21(16)29)12-19(28)25-18-9-10-24-27(18)11-15-6-2-3-8-17(15)22/h2-10,13H,11-12H2,1H3,(H,25,28). The number of amides is 1. The van der Waals surface area contributed by atoms with Crippen molar-refractivity contribution >= 4 is 38.6 Å². The van der Waals surface area contributed by atoms with Crippen LogP contribution in [0.2, 0.25) is 0 Å². The summed E-state index contributed by atoms with van der Waals surface area (Å²) in [7, 11) is 0. The highest BCUT2D eigenvalue weighted by Gasteiger charge is 2.12. The molecule has 0 unspecified atom stereocenters. The Morgan fingerprint density at radius 3 is 2.79 bits per heavy atom. The summed E-state index contributed by atoms with van der Waals surface area (Å²) in [4.78, 5) is 29.6. The maximum atomic E-state index is 12.7. The van der Waals surface area contributed by atoms with Crippen LogP contribution >= 0.6 is 15.9 Å². The number of fused-ring (bicyclic) bond motifs is 1. The lowest BCUT2D eigenvalue weighted by atomic mass is 10.1. The zero-order valence-electron chi connectivity index (χ0n) is 15.7. The van der Waals surface area contributed by atoms with Gasteiger partial charge in [-0.2, -0.15) is 5.10 Å². The normalized spacial score (nSPS) is 11.0. The molecule has 0 saturated heterocycles. The highest BCUT2D eigenvalue weighted by molar-refractivity contribution is 9.10. The second kappa shape index (κ2) is 8.00. The number of hydrogen-bond donors (Lipinski definition) is 1. The van der Waals surface area contributed by atoms with Gasteiger partial charge in [-0.1, -0.05) is 46.3 Å². The smallest absolute Gasteiger partial charge is 0.261 e. The Bertz CT molecular complexity index is 1260. The van der Waals surface area contributed by atoms with E-state index >= 15 is 0 Å². The van der Waals surface area contributed by atoms with Crippen LogP contribution in [0.25, 0.3) is 10.9 Å². The van der Waals surface area contributed by atoms with Crippen molar-refractivity contribution in [3.63, 3.8) is 0 Å². The Hall–Kier alpha value is -3.26. The van der Waals surface area contributed by atoms with Crippen LogP contribution in [0, 0.1) is 6.92 Å². The molecule has 29 heavy (non-hydrogen) atoms. The summed E-state index contributed by atoms with van der Waals surface area (Å²) >= 11 is 3.52. The first kappa shape index (κ1) is 19.1. The van der Waals surface area contributed by atoms with E-state index in [2.05, 4.69) is 31.3 Å². The van der Waals surface area contributed by atoms with Crippen LogP contribution in [0.3, 0.4) is 0 Å². The molecule has 0 aliphatic carbocycles. The van der Waals surface area contributed by atoms with E-state index in [1.807, 2.05) is 43.3 Å². The quantitative estimate of drug-likeness (QED) is 0.504. The number of nitrogens with zero attached hydrogens (tertiary/aromatic N) is 4. The number of halogens is 1. The van der Waals surface area contributed by atoms with Crippen LogP contribution in [0.1, 0.15) is 11.1 Å². The number of para-hydroxylation sites is 1. The van der Waals surface area contributed by atoms with Gasteiger partial charge >= 0.3 is 0 Å². The van der Waals surface area contributed by atoms with Gasteiger partial charge in [-0.05, 0) is 30.2 Å². The SMILES string of the molecule is Cc1cccc2c(=O)n(CC(=O)Nc3ccnn3Cc3ccccc3Br)cnc12. The molecule has 0 aliphatic heterocycles. The molecular formula is C21H18BrN5O2. The minimum Gasteiger partial charge on any atom is -0.309 e. The van der Waals surface area contributed by atoms with Crippen molar-refractivity contribution in [1.29, 1.82) is 0 Å². The van der Waals surface area contributed by atoms with E-state index in [1.54, 1.807) is 23.0 Å². The van der Waals surface area contributed by atoms with Gasteiger partial charge in [0.15, 0.2) is 0 Å². The highest BCUT2D eigenvalue weighted by Crippen LogP contribution is 2.19. The van der Waals surface area contributed by atoms with Crippen LogP contribution in [0.5, 0.6) is 0 Å². The monoisotopic (exact) mass is 451 g/mol. The summed E-state index contributed by atoms with van der Waals surface area (Å²) in [6.45, 7) is 2.27.